The first-order valence-electron chi connectivity index (χ1n) is 7.69. The van der Waals surface area contributed by atoms with Crippen molar-refractivity contribution in [3.63, 3.8) is 0 Å². The molecule has 0 fully saturated rings. The second kappa shape index (κ2) is 5.72. The van der Waals surface area contributed by atoms with E-state index in [9.17, 15) is 4.79 Å². The number of benzene rings is 2. The summed E-state index contributed by atoms with van der Waals surface area (Å²) < 4.78 is 0. The van der Waals surface area contributed by atoms with E-state index in [2.05, 4.69) is 44.2 Å². The zero-order chi connectivity index (χ0) is 14.8. The Hall–Kier alpha value is -2.09. The van der Waals surface area contributed by atoms with Crippen molar-refractivity contribution in [1.29, 1.82) is 0 Å². The predicted molar refractivity (Wildman–Crippen MR) is 86.9 cm³/mol. The quantitative estimate of drug-likeness (QED) is 0.802. The molecule has 108 valence electrons. The maximum absolute atomic E-state index is 12.9. The third-order valence-corrected chi connectivity index (χ3v) is 4.20. The minimum Gasteiger partial charge on any atom is -0.281 e. The Kier molecular flexibility index (Phi) is 3.78. The van der Waals surface area contributed by atoms with Gasteiger partial charge in [0.2, 0.25) is 5.91 Å². The van der Waals surface area contributed by atoms with Crippen molar-refractivity contribution in [2.24, 2.45) is 5.92 Å². The van der Waals surface area contributed by atoms with Crippen LogP contribution in [0.25, 0.3) is 0 Å². The summed E-state index contributed by atoms with van der Waals surface area (Å²) in [6.45, 7) is 4.21. The van der Waals surface area contributed by atoms with Gasteiger partial charge in [0.05, 0.1) is 5.69 Å². The molecular formula is C19H21NO. The molecule has 1 heterocycles. The van der Waals surface area contributed by atoms with Gasteiger partial charge in [-0.2, -0.15) is 0 Å². The smallest absolute Gasteiger partial charge is 0.234 e. The number of para-hydroxylation sites is 1. The first kappa shape index (κ1) is 13.9. The lowest BCUT2D eigenvalue weighted by atomic mass is 9.88. The first-order chi connectivity index (χ1) is 10.2. The Morgan fingerprint density at radius 3 is 2.52 bits per heavy atom. The van der Waals surface area contributed by atoms with Crippen molar-refractivity contribution < 1.29 is 4.79 Å². The van der Waals surface area contributed by atoms with Crippen LogP contribution in [0.2, 0.25) is 0 Å². The molecule has 1 unspecified atom stereocenters. The number of hydrogen-bond acceptors (Lipinski definition) is 1. The highest BCUT2D eigenvalue weighted by Crippen LogP contribution is 2.37. The number of hydrogen-bond donors (Lipinski definition) is 0. The van der Waals surface area contributed by atoms with Gasteiger partial charge in [0.1, 0.15) is 0 Å². The molecule has 0 aliphatic carbocycles. The third kappa shape index (κ3) is 2.58. The number of aryl methyl sites for hydroxylation is 1. The van der Waals surface area contributed by atoms with Crippen LogP contribution in [0, 0.1) is 12.8 Å². The molecule has 2 aromatic rings. The molecule has 3 rings (SSSR count). The molecule has 2 nitrogen and oxygen atoms in total. The van der Waals surface area contributed by atoms with Gasteiger partial charge in [-0.1, -0.05) is 49.2 Å². The highest BCUT2D eigenvalue weighted by Gasteiger charge is 2.32. The topological polar surface area (TPSA) is 20.3 Å². The Morgan fingerprint density at radius 1 is 1.10 bits per heavy atom. The van der Waals surface area contributed by atoms with Crippen LogP contribution in [-0.4, -0.2) is 5.91 Å². The van der Waals surface area contributed by atoms with Crippen LogP contribution >= 0.6 is 0 Å². The average molecular weight is 279 g/mol. The number of anilines is 2. The lowest BCUT2D eigenvalue weighted by Crippen LogP contribution is -2.38. The fraction of sp³-hybridized carbons (Fsp3) is 0.316. The molecule has 21 heavy (non-hydrogen) atoms. The van der Waals surface area contributed by atoms with E-state index in [0.717, 1.165) is 30.6 Å². The minimum absolute atomic E-state index is 0.103. The normalized spacial score (nSPS) is 17.7. The molecule has 0 aromatic heterocycles. The van der Waals surface area contributed by atoms with E-state index in [-0.39, 0.29) is 11.8 Å². The van der Waals surface area contributed by atoms with Crippen molar-refractivity contribution in [3.8, 4) is 0 Å². The van der Waals surface area contributed by atoms with Crippen LogP contribution in [0.15, 0.2) is 48.5 Å². The van der Waals surface area contributed by atoms with E-state index in [4.69, 9.17) is 0 Å². The second-order valence-corrected chi connectivity index (χ2v) is 5.83. The van der Waals surface area contributed by atoms with Gasteiger partial charge >= 0.3 is 0 Å². The van der Waals surface area contributed by atoms with Gasteiger partial charge in [0.15, 0.2) is 0 Å². The third-order valence-electron chi connectivity index (χ3n) is 4.20. The Morgan fingerprint density at radius 2 is 1.81 bits per heavy atom. The lowest BCUT2D eigenvalue weighted by Gasteiger charge is -2.34. The highest BCUT2D eigenvalue weighted by molar-refractivity contribution is 6.04. The molecule has 0 bridgehead atoms. The SMILES string of the molecule is CCCC1Cc2ccccc2N(c2ccc(C)cc2)C1=O. The number of carbonyl (C=O) groups is 1. The van der Waals surface area contributed by atoms with E-state index >= 15 is 0 Å². The van der Waals surface area contributed by atoms with Gasteiger partial charge in [-0.25, -0.2) is 0 Å². The minimum atomic E-state index is 0.103. The van der Waals surface area contributed by atoms with Crippen LogP contribution in [0.5, 0.6) is 0 Å². The van der Waals surface area contributed by atoms with Crippen molar-refractivity contribution >= 4 is 17.3 Å². The number of amides is 1. The first-order valence-corrected chi connectivity index (χ1v) is 7.69. The van der Waals surface area contributed by atoms with Crippen molar-refractivity contribution in [3.05, 3.63) is 59.7 Å². The van der Waals surface area contributed by atoms with E-state index < -0.39 is 0 Å². The molecule has 1 aliphatic heterocycles. The van der Waals surface area contributed by atoms with Crippen molar-refractivity contribution in [2.75, 3.05) is 4.90 Å². The molecule has 0 saturated heterocycles. The standard InChI is InChI=1S/C19H21NO/c1-3-6-16-13-15-7-4-5-8-18(15)20(19(16)21)17-11-9-14(2)10-12-17/h4-5,7-12,16H,3,6,13H2,1-2H3. The lowest BCUT2D eigenvalue weighted by molar-refractivity contribution is -0.122. The van der Waals surface area contributed by atoms with E-state index in [1.54, 1.807) is 0 Å². The van der Waals surface area contributed by atoms with Crippen LogP contribution in [-0.2, 0) is 11.2 Å². The summed E-state index contributed by atoms with van der Waals surface area (Å²) in [4.78, 5) is 14.8. The number of nitrogens with zero attached hydrogens (tertiary/aromatic N) is 1. The molecular weight excluding hydrogens is 258 g/mol. The molecule has 0 spiro atoms. The Bertz CT molecular complexity index is 645. The number of fused-ring (bicyclic) bond motifs is 1. The molecule has 2 aromatic carbocycles. The summed E-state index contributed by atoms with van der Waals surface area (Å²) in [6, 6.07) is 16.5. The monoisotopic (exact) mass is 279 g/mol. The van der Waals surface area contributed by atoms with Gasteiger partial charge < -0.3 is 0 Å². The van der Waals surface area contributed by atoms with Gasteiger partial charge in [-0.3, -0.25) is 9.69 Å². The molecule has 1 amide bonds. The fourth-order valence-corrected chi connectivity index (χ4v) is 3.09. The van der Waals surface area contributed by atoms with Crippen LogP contribution in [0.1, 0.15) is 30.9 Å². The van der Waals surface area contributed by atoms with E-state index in [1.807, 2.05) is 23.1 Å². The molecule has 0 N–H and O–H groups in total. The summed E-state index contributed by atoms with van der Waals surface area (Å²) in [6.07, 6.45) is 2.86. The van der Waals surface area contributed by atoms with E-state index in [1.165, 1.54) is 11.1 Å². The summed E-state index contributed by atoms with van der Waals surface area (Å²) in [7, 11) is 0. The maximum Gasteiger partial charge on any atom is 0.234 e. The van der Waals surface area contributed by atoms with Crippen LogP contribution < -0.4 is 4.90 Å². The van der Waals surface area contributed by atoms with Crippen molar-refractivity contribution in [2.45, 2.75) is 33.1 Å². The Labute approximate surface area is 126 Å². The average Bonchev–Trinajstić information content (AvgIpc) is 2.50. The molecule has 1 aliphatic rings. The highest BCUT2D eigenvalue weighted by atomic mass is 16.2. The summed E-state index contributed by atoms with van der Waals surface area (Å²) in [5, 5.41) is 0. The van der Waals surface area contributed by atoms with Gasteiger partial charge in [0.25, 0.3) is 0 Å². The summed E-state index contributed by atoms with van der Waals surface area (Å²) in [5.74, 6) is 0.339. The number of carbonyl (C=O) groups excluding carboxylic acids is 1. The van der Waals surface area contributed by atoms with Gasteiger partial charge in [-0.15, -0.1) is 0 Å². The molecule has 2 heteroatoms. The maximum atomic E-state index is 12.9. The van der Waals surface area contributed by atoms with Gasteiger partial charge in [0, 0.05) is 11.6 Å². The Balaban J connectivity index is 2.07. The van der Waals surface area contributed by atoms with Crippen molar-refractivity contribution in [1.82, 2.24) is 0 Å². The zero-order valence-corrected chi connectivity index (χ0v) is 12.7. The second-order valence-electron chi connectivity index (χ2n) is 5.83. The van der Waals surface area contributed by atoms with E-state index in [0.29, 0.717) is 0 Å². The summed E-state index contributed by atoms with van der Waals surface area (Å²) >= 11 is 0. The fourth-order valence-electron chi connectivity index (χ4n) is 3.09. The predicted octanol–water partition coefficient (Wildman–Crippen LogP) is 4.63. The van der Waals surface area contributed by atoms with Crippen LogP contribution in [0.3, 0.4) is 0 Å². The molecule has 0 saturated carbocycles. The molecule has 1 atom stereocenters. The molecule has 0 radical (unpaired) electrons. The number of rotatable bonds is 3. The zero-order valence-electron chi connectivity index (χ0n) is 12.7. The summed E-state index contributed by atoms with van der Waals surface area (Å²) in [5.41, 5.74) is 4.50. The van der Waals surface area contributed by atoms with Gasteiger partial charge in [-0.05, 0) is 43.5 Å². The largest absolute Gasteiger partial charge is 0.281 e. The van der Waals surface area contributed by atoms with Crippen LogP contribution in [0.4, 0.5) is 11.4 Å².